The van der Waals surface area contributed by atoms with Gasteiger partial charge in [-0.2, -0.15) is 0 Å². The van der Waals surface area contributed by atoms with Crippen molar-refractivity contribution in [3.63, 3.8) is 0 Å². The molecule has 0 aliphatic carbocycles. The second-order valence-corrected chi connectivity index (χ2v) is 6.24. The quantitative estimate of drug-likeness (QED) is 0.787. The van der Waals surface area contributed by atoms with Gasteiger partial charge in [-0.05, 0) is 24.3 Å². The van der Waals surface area contributed by atoms with Gasteiger partial charge in [0.2, 0.25) is 5.91 Å². The topological polar surface area (TPSA) is 83.8 Å². The van der Waals surface area contributed by atoms with Crippen molar-refractivity contribution >= 4 is 17.8 Å². The largest absolute Gasteiger partial charge is 0.448 e. The van der Waals surface area contributed by atoms with E-state index < -0.39 is 6.09 Å². The average molecular weight is 356 g/mol. The predicted octanol–water partition coefficient (Wildman–Crippen LogP) is 0.368. The summed E-state index contributed by atoms with van der Waals surface area (Å²) in [6.45, 7) is 3.50. The highest BCUT2D eigenvalue weighted by molar-refractivity contribution is 5.83. The maximum atomic E-state index is 12.3. The molecule has 2 amide bonds. The maximum absolute atomic E-state index is 12.3. The van der Waals surface area contributed by atoms with Crippen LogP contribution in [0.1, 0.15) is 0 Å². The van der Waals surface area contributed by atoms with Crippen molar-refractivity contribution in [2.45, 2.75) is 0 Å². The molecule has 4 heterocycles. The third-order valence-corrected chi connectivity index (χ3v) is 4.63. The van der Waals surface area contributed by atoms with E-state index in [1.807, 2.05) is 41.2 Å². The Hall–Kier alpha value is -3.10. The van der Waals surface area contributed by atoms with Gasteiger partial charge in [0.15, 0.2) is 11.6 Å². The van der Waals surface area contributed by atoms with Gasteiger partial charge in [0.05, 0.1) is 6.54 Å². The molecular weight excluding hydrogens is 336 g/mol. The van der Waals surface area contributed by atoms with Gasteiger partial charge in [-0.1, -0.05) is 0 Å². The number of cyclic esters (lactones) is 1. The molecule has 4 rings (SSSR count). The first-order valence-corrected chi connectivity index (χ1v) is 8.62. The fraction of sp³-hybridized carbons (Fsp3) is 0.412. The zero-order valence-corrected chi connectivity index (χ0v) is 14.3. The van der Waals surface area contributed by atoms with Crippen molar-refractivity contribution in [1.82, 2.24) is 24.6 Å². The van der Waals surface area contributed by atoms with E-state index in [-0.39, 0.29) is 12.5 Å². The number of aromatic nitrogens is 3. The number of amides is 2. The third-order valence-electron chi connectivity index (χ3n) is 4.63. The molecule has 9 nitrogen and oxygen atoms in total. The van der Waals surface area contributed by atoms with Gasteiger partial charge in [-0.3, -0.25) is 9.69 Å². The molecule has 2 saturated heterocycles. The molecule has 0 aromatic carbocycles. The van der Waals surface area contributed by atoms with Gasteiger partial charge in [-0.25, -0.2) is 4.79 Å². The molecule has 0 bridgehead atoms. The zero-order chi connectivity index (χ0) is 17.9. The summed E-state index contributed by atoms with van der Waals surface area (Å²) in [6.07, 6.45) is 3.43. The number of nitrogens with zero attached hydrogens (tertiary/aromatic N) is 6. The molecule has 2 aromatic heterocycles. The number of hydrogen-bond donors (Lipinski definition) is 0. The normalized spacial score (nSPS) is 17.5. The van der Waals surface area contributed by atoms with Crippen molar-refractivity contribution < 1.29 is 14.3 Å². The lowest BCUT2D eigenvalue weighted by Gasteiger charge is -2.35. The Kier molecular flexibility index (Phi) is 4.42. The molecule has 2 fully saturated rings. The molecule has 2 aliphatic heterocycles. The molecule has 2 aromatic rings. The first-order chi connectivity index (χ1) is 12.7. The smallest absolute Gasteiger partial charge is 0.410 e. The van der Waals surface area contributed by atoms with E-state index in [0.29, 0.717) is 39.3 Å². The molecule has 0 atom stereocenters. The Bertz CT molecular complexity index is 768. The summed E-state index contributed by atoms with van der Waals surface area (Å²) in [7, 11) is 0. The Morgan fingerprint density at radius 3 is 2.31 bits per heavy atom. The standard InChI is InChI=1S/C17H20N6O3/c24-16(13-23-11-12-26-17(23)25)22-9-7-21(8-10-22)15-4-3-14(18-19-15)20-5-1-2-6-20/h1-6H,7-13H2. The highest BCUT2D eigenvalue weighted by atomic mass is 16.6. The monoisotopic (exact) mass is 356 g/mol. The number of carbonyl (C=O) groups is 2. The summed E-state index contributed by atoms with van der Waals surface area (Å²) in [5, 5.41) is 8.56. The predicted molar refractivity (Wildman–Crippen MR) is 93.1 cm³/mol. The number of ether oxygens (including phenoxy) is 1. The minimum atomic E-state index is -0.407. The minimum Gasteiger partial charge on any atom is -0.448 e. The number of carbonyl (C=O) groups excluding carboxylic acids is 2. The Morgan fingerprint density at radius 1 is 1.00 bits per heavy atom. The second kappa shape index (κ2) is 7.03. The van der Waals surface area contributed by atoms with Gasteiger partial charge in [-0.15, -0.1) is 10.2 Å². The molecule has 0 saturated carbocycles. The summed E-state index contributed by atoms with van der Waals surface area (Å²) in [5.74, 6) is 1.53. The van der Waals surface area contributed by atoms with E-state index >= 15 is 0 Å². The zero-order valence-electron chi connectivity index (χ0n) is 14.3. The average Bonchev–Trinajstić information content (AvgIpc) is 3.35. The number of anilines is 1. The first kappa shape index (κ1) is 16.4. The fourth-order valence-electron chi connectivity index (χ4n) is 3.13. The minimum absolute atomic E-state index is 0.0439. The van der Waals surface area contributed by atoms with Crippen LogP contribution in [0.25, 0.3) is 5.82 Å². The molecule has 0 spiro atoms. The molecule has 26 heavy (non-hydrogen) atoms. The molecule has 9 heteroatoms. The number of hydrogen-bond acceptors (Lipinski definition) is 6. The van der Waals surface area contributed by atoms with Gasteiger partial charge in [0.25, 0.3) is 0 Å². The maximum Gasteiger partial charge on any atom is 0.410 e. The van der Waals surface area contributed by atoms with Gasteiger partial charge in [0, 0.05) is 38.6 Å². The van der Waals surface area contributed by atoms with E-state index in [0.717, 1.165) is 11.6 Å². The van der Waals surface area contributed by atoms with Crippen molar-refractivity contribution in [3.8, 4) is 5.82 Å². The molecule has 0 radical (unpaired) electrons. The fourth-order valence-corrected chi connectivity index (χ4v) is 3.13. The Labute approximate surface area is 150 Å². The molecule has 0 unspecified atom stereocenters. The van der Waals surface area contributed by atoms with Crippen LogP contribution in [0.3, 0.4) is 0 Å². The van der Waals surface area contributed by atoms with Crippen LogP contribution in [0.2, 0.25) is 0 Å². The highest BCUT2D eigenvalue weighted by Crippen LogP contribution is 2.15. The number of piperazine rings is 1. The molecular formula is C17H20N6O3. The highest BCUT2D eigenvalue weighted by Gasteiger charge is 2.28. The van der Waals surface area contributed by atoms with Crippen LogP contribution >= 0.6 is 0 Å². The molecule has 0 N–H and O–H groups in total. The lowest BCUT2D eigenvalue weighted by Crippen LogP contribution is -2.51. The van der Waals surface area contributed by atoms with Crippen LogP contribution in [-0.2, 0) is 9.53 Å². The summed E-state index contributed by atoms with van der Waals surface area (Å²) >= 11 is 0. The first-order valence-electron chi connectivity index (χ1n) is 8.62. The Morgan fingerprint density at radius 2 is 1.69 bits per heavy atom. The molecule has 2 aliphatic rings. The van der Waals surface area contributed by atoms with Gasteiger partial charge < -0.3 is 19.1 Å². The van der Waals surface area contributed by atoms with Crippen LogP contribution in [0.4, 0.5) is 10.6 Å². The number of rotatable bonds is 4. The van der Waals surface area contributed by atoms with Gasteiger partial charge >= 0.3 is 6.09 Å². The SMILES string of the molecule is O=C(CN1CCOC1=O)N1CCN(c2ccc(-n3cccc3)nn2)CC1. The summed E-state index contributed by atoms with van der Waals surface area (Å²) in [4.78, 5) is 29.1. The summed E-state index contributed by atoms with van der Waals surface area (Å²) < 4.78 is 6.76. The van der Waals surface area contributed by atoms with E-state index in [2.05, 4.69) is 15.1 Å². The summed E-state index contributed by atoms with van der Waals surface area (Å²) in [5.41, 5.74) is 0. The third kappa shape index (κ3) is 3.32. The van der Waals surface area contributed by atoms with Crippen molar-refractivity contribution in [2.24, 2.45) is 0 Å². The van der Waals surface area contributed by atoms with E-state index in [1.54, 1.807) is 4.90 Å². The Balaban J connectivity index is 1.32. The van der Waals surface area contributed by atoms with E-state index in [4.69, 9.17) is 4.74 Å². The van der Waals surface area contributed by atoms with Crippen molar-refractivity contribution in [3.05, 3.63) is 36.7 Å². The van der Waals surface area contributed by atoms with Crippen molar-refractivity contribution in [1.29, 1.82) is 0 Å². The van der Waals surface area contributed by atoms with Crippen LogP contribution in [0, 0.1) is 0 Å². The van der Waals surface area contributed by atoms with Crippen LogP contribution in [0.5, 0.6) is 0 Å². The second-order valence-electron chi connectivity index (χ2n) is 6.24. The van der Waals surface area contributed by atoms with Crippen LogP contribution < -0.4 is 4.90 Å². The van der Waals surface area contributed by atoms with Crippen LogP contribution in [0.15, 0.2) is 36.7 Å². The van der Waals surface area contributed by atoms with E-state index in [9.17, 15) is 9.59 Å². The van der Waals surface area contributed by atoms with Crippen LogP contribution in [-0.4, -0.2) is 82.4 Å². The van der Waals surface area contributed by atoms with Crippen molar-refractivity contribution in [2.75, 3.05) is 50.8 Å². The lowest BCUT2D eigenvalue weighted by molar-refractivity contribution is -0.132. The van der Waals surface area contributed by atoms with E-state index in [1.165, 1.54) is 4.90 Å². The molecule has 136 valence electrons. The van der Waals surface area contributed by atoms with Gasteiger partial charge in [0.1, 0.15) is 13.2 Å². The summed E-state index contributed by atoms with van der Waals surface area (Å²) in [6, 6.07) is 7.75. The lowest BCUT2D eigenvalue weighted by atomic mass is 10.3.